The van der Waals surface area contributed by atoms with Crippen molar-refractivity contribution in [2.24, 2.45) is 17.1 Å². The third kappa shape index (κ3) is 5.23. The molecule has 0 saturated heterocycles. The summed E-state index contributed by atoms with van der Waals surface area (Å²) in [6.07, 6.45) is 2.04. The van der Waals surface area contributed by atoms with E-state index in [1.807, 2.05) is 12.1 Å². The lowest BCUT2D eigenvalue weighted by atomic mass is 9.78. The van der Waals surface area contributed by atoms with Gasteiger partial charge in [0, 0.05) is 6.04 Å². The fourth-order valence-electron chi connectivity index (χ4n) is 1.90. The molecule has 0 aromatic heterocycles. The molecule has 2 heteroatoms. The lowest BCUT2D eigenvalue weighted by Gasteiger charge is -2.29. The molecule has 1 aromatic carbocycles. The van der Waals surface area contributed by atoms with E-state index < -0.39 is 0 Å². The molecule has 0 heterocycles. The molecule has 0 radical (unpaired) electrons. The van der Waals surface area contributed by atoms with Crippen molar-refractivity contribution >= 4 is 0 Å². The number of ether oxygens (including phenoxy) is 1. The predicted octanol–water partition coefficient (Wildman–Crippen LogP) is 4.55. The molecular formula is C17H29NO. The van der Waals surface area contributed by atoms with Crippen LogP contribution >= 0.6 is 0 Å². The zero-order valence-corrected chi connectivity index (χ0v) is 13.1. The van der Waals surface area contributed by atoms with E-state index in [-0.39, 0.29) is 6.04 Å². The molecule has 2 nitrogen and oxygen atoms in total. The van der Waals surface area contributed by atoms with Gasteiger partial charge in [-0.3, -0.25) is 0 Å². The first-order valence-electron chi connectivity index (χ1n) is 7.33. The Morgan fingerprint density at radius 2 is 1.74 bits per heavy atom. The zero-order valence-electron chi connectivity index (χ0n) is 13.1. The summed E-state index contributed by atoms with van der Waals surface area (Å²) in [5.41, 5.74) is 7.80. The summed E-state index contributed by atoms with van der Waals surface area (Å²) in [6.45, 7) is 12.0. The molecule has 2 N–H and O–H groups in total. The van der Waals surface area contributed by atoms with E-state index in [9.17, 15) is 0 Å². The molecule has 0 spiro atoms. The van der Waals surface area contributed by atoms with Crippen molar-refractivity contribution < 1.29 is 4.74 Å². The Morgan fingerprint density at radius 1 is 1.16 bits per heavy atom. The second kappa shape index (κ2) is 6.95. The maximum Gasteiger partial charge on any atom is 0.119 e. The van der Waals surface area contributed by atoms with Crippen LogP contribution in [0.1, 0.15) is 59.1 Å². The Kier molecular flexibility index (Phi) is 5.86. The van der Waals surface area contributed by atoms with Gasteiger partial charge in [-0.15, -0.1) is 0 Å². The quantitative estimate of drug-likeness (QED) is 0.817. The van der Waals surface area contributed by atoms with Gasteiger partial charge < -0.3 is 10.5 Å². The molecule has 2 atom stereocenters. The SMILES string of the molecule is CCCOc1ccc(C(N)CC(C)C(C)(C)C)cc1. The van der Waals surface area contributed by atoms with Gasteiger partial charge in [0.25, 0.3) is 0 Å². The molecule has 0 saturated carbocycles. The highest BCUT2D eigenvalue weighted by atomic mass is 16.5. The second-order valence-electron chi connectivity index (χ2n) is 6.53. The first-order valence-corrected chi connectivity index (χ1v) is 7.33. The van der Waals surface area contributed by atoms with E-state index in [4.69, 9.17) is 10.5 Å². The van der Waals surface area contributed by atoms with Crippen LogP contribution in [-0.2, 0) is 0 Å². The van der Waals surface area contributed by atoms with Gasteiger partial charge in [0.15, 0.2) is 0 Å². The van der Waals surface area contributed by atoms with Crippen LogP contribution < -0.4 is 10.5 Å². The van der Waals surface area contributed by atoms with Gasteiger partial charge >= 0.3 is 0 Å². The van der Waals surface area contributed by atoms with E-state index in [1.165, 1.54) is 5.56 Å². The van der Waals surface area contributed by atoms with Crippen LogP contribution in [0.4, 0.5) is 0 Å². The van der Waals surface area contributed by atoms with E-state index in [2.05, 4.69) is 46.8 Å². The standard InChI is InChI=1S/C17H29NO/c1-6-11-19-15-9-7-14(8-10-15)16(18)12-13(2)17(3,4)5/h7-10,13,16H,6,11-12,18H2,1-5H3. The smallest absolute Gasteiger partial charge is 0.119 e. The minimum absolute atomic E-state index is 0.106. The second-order valence-corrected chi connectivity index (χ2v) is 6.53. The van der Waals surface area contributed by atoms with E-state index >= 15 is 0 Å². The van der Waals surface area contributed by atoms with Crippen molar-refractivity contribution in [1.29, 1.82) is 0 Å². The van der Waals surface area contributed by atoms with Crippen molar-refractivity contribution in [1.82, 2.24) is 0 Å². The van der Waals surface area contributed by atoms with Gasteiger partial charge in [0.2, 0.25) is 0 Å². The Hall–Kier alpha value is -1.02. The Morgan fingerprint density at radius 3 is 2.21 bits per heavy atom. The number of hydrogen-bond donors (Lipinski definition) is 1. The van der Waals surface area contributed by atoms with Gasteiger partial charge in [-0.2, -0.15) is 0 Å². The lowest BCUT2D eigenvalue weighted by molar-refractivity contribution is 0.234. The van der Waals surface area contributed by atoms with E-state index in [1.54, 1.807) is 0 Å². The molecule has 0 aliphatic carbocycles. The summed E-state index contributed by atoms with van der Waals surface area (Å²) in [5.74, 6) is 1.53. The van der Waals surface area contributed by atoms with Crippen LogP contribution in [0.25, 0.3) is 0 Å². The monoisotopic (exact) mass is 263 g/mol. The van der Waals surface area contributed by atoms with Crippen LogP contribution in [0.3, 0.4) is 0 Å². The summed E-state index contributed by atoms with van der Waals surface area (Å²) in [4.78, 5) is 0. The fraction of sp³-hybridized carbons (Fsp3) is 0.647. The largest absolute Gasteiger partial charge is 0.494 e. The van der Waals surface area contributed by atoms with Crippen LogP contribution in [0.15, 0.2) is 24.3 Å². The first kappa shape index (κ1) is 16.0. The van der Waals surface area contributed by atoms with Crippen LogP contribution in [0.5, 0.6) is 5.75 Å². The molecule has 1 aromatic rings. The average molecular weight is 263 g/mol. The number of benzene rings is 1. The Labute approximate surface area is 118 Å². The fourth-order valence-corrected chi connectivity index (χ4v) is 1.90. The predicted molar refractivity (Wildman–Crippen MR) is 82.4 cm³/mol. The molecular weight excluding hydrogens is 234 g/mol. The molecule has 2 unspecified atom stereocenters. The van der Waals surface area contributed by atoms with Crippen molar-refractivity contribution in [2.45, 2.75) is 53.5 Å². The van der Waals surface area contributed by atoms with Crippen molar-refractivity contribution in [3.63, 3.8) is 0 Å². The molecule has 0 amide bonds. The normalized spacial score (nSPS) is 15.1. The van der Waals surface area contributed by atoms with E-state index in [0.29, 0.717) is 11.3 Å². The summed E-state index contributed by atoms with van der Waals surface area (Å²) < 4.78 is 5.58. The minimum Gasteiger partial charge on any atom is -0.494 e. The summed E-state index contributed by atoms with van der Waals surface area (Å²) in [7, 11) is 0. The maximum absolute atomic E-state index is 6.30. The number of hydrogen-bond acceptors (Lipinski definition) is 2. The van der Waals surface area contributed by atoms with Gasteiger partial charge in [-0.05, 0) is 41.9 Å². The Bertz CT molecular complexity index is 364. The van der Waals surface area contributed by atoms with Gasteiger partial charge in [0.05, 0.1) is 6.61 Å². The third-order valence-electron chi connectivity index (χ3n) is 3.87. The van der Waals surface area contributed by atoms with E-state index in [0.717, 1.165) is 25.2 Å². The minimum atomic E-state index is 0.106. The topological polar surface area (TPSA) is 35.2 Å². The summed E-state index contributed by atoms with van der Waals surface area (Å²) in [6, 6.07) is 8.32. The number of nitrogens with two attached hydrogens (primary N) is 1. The molecule has 19 heavy (non-hydrogen) atoms. The summed E-state index contributed by atoms with van der Waals surface area (Å²) >= 11 is 0. The summed E-state index contributed by atoms with van der Waals surface area (Å²) in [5, 5.41) is 0. The van der Waals surface area contributed by atoms with Crippen molar-refractivity contribution in [3.8, 4) is 5.75 Å². The Balaban J connectivity index is 2.60. The molecule has 0 aliphatic rings. The van der Waals surface area contributed by atoms with Gasteiger partial charge in [-0.25, -0.2) is 0 Å². The van der Waals surface area contributed by atoms with Crippen LogP contribution in [-0.4, -0.2) is 6.61 Å². The lowest BCUT2D eigenvalue weighted by Crippen LogP contribution is -2.23. The molecule has 108 valence electrons. The van der Waals surface area contributed by atoms with Crippen LogP contribution in [0, 0.1) is 11.3 Å². The number of rotatable bonds is 6. The maximum atomic E-state index is 6.30. The molecule has 0 fully saturated rings. The van der Waals surface area contributed by atoms with Crippen LogP contribution in [0.2, 0.25) is 0 Å². The molecule has 0 bridgehead atoms. The molecule has 0 aliphatic heterocycles. The third-order valence-corrected chi connectivity index (χ3v) is 3.87. The average Bonchev–Trinajstić information content (AvgIpc) is 2.35. The van der Waals surface area contributed by atoms with Gasteiger partial charge in [-0.1, -0.05) is 46.8 Å². The highest BCUT2D eigenvalue weighted by Gasteiger charge is 2.22. The highest BCUT2D eigenvalue weighted by molar-refractivity contribution is 5.29. The van der Waals surface area contributed by atoms with Crippen molar-refractivity contribution in [3.05, 3.63) is 29.8 Å². The van der Waals surface area contributed by atoms with Crippen molar-refractivity contribution in [2.75, 3.05) is 6.61 Å². The molecule has 1 rings (SSSR count). The van der Waals surface area contributed by atoms with Gasteiger partial charge in [0.1, 0.15) is 5.75 Å². The first-order chi connectivity index (χ1) is 8.84. The zero-order chi connectivity index (χ0) is 14.5. The highest BCUT2D eigenvalue weighted by Crippen LogP contribution is 2.32.